The molecule has 0 unspecified atom stereocenters. The Balaban J connectivity index is 2.09. The molecule has 0 atom stereocenters. The summed E-state index contributed by atoms with van der Waals surface area (Å²) in [5.41, 5.74) is 4.25. The minimum absolute atomic E-state index is 0.796. The van der Waals surface area contributed by atoms with Gasteiger partial charge in [0.25, 0.3) is 0 Å². The van der Waals surface area contributed by atoms with E-state index in [0.717, 1.165) is 34.6 Å². The number of anilines is 1. The molecule has 3 rings (SSSR count). The van der Waals surface area contributed by atoms with Gasteiger partial charge in [-0.2, -0.15) is 11.8 Å². The quantitative estimate of drug-likeness (QED) is 0.923. The number of nitrogens with one attached hydrogen (secondary N) is 1. The van der Waals surface area contributed by atoms with Crippen LogP contribution in [-0.4, -0.2) is 21.5 Å². The van der Waals surface area contributed by atoms with Gasteiger partial charge in [0.2, 0.25) is 0 Å². The smallest absolute Gasteiger partial charge is 0.173 e. The summed E-state index contributed by atoms with van der Waals surface area (Å²) in [4.78, 5) is 14.4. The largest absolute Gasteiger partial charge is 0.370 e. The average molecular weight is 264 g/mol. The van der Waals surface area contributed by atoms with Gasteiger partial charge in [-0.25, -0.2) is 9.97 Å². The molecule has 0 aromatic carbocycles. The van der Waals surface area contributed by atoms with Crippen molar-refractivity contribution in [2.45, 2.75) is 18.4 Å². The molecule has 0 fully saturated rings. The molecule has 1 aliphatic heterocycles. The van der Waals surface area contributed by atoms with Crippen molar-refractivity contribution in [3.63, 3.8) is 0 Å². The molecule has 0 amide bonds. The molecule has 0 bridgehead atoms. The van der Waals surface area contributed by atoms with Crippen LogP contribution in [0.2, 0.25) is 0 Å². The Kier molecular flexibility index (Phi) is 2.98. The lowest BCUT2D eigenvalue weighted by molar-refractivity contribution is 1.05. The van der Waals surface area contributed by atoms with E-state index in [1.807, 2.05) is 23.5 Å². The lowest BCUT2D eigenvalue weighted by atomic mass is 10.2. The predicted octanol–water partition coefficient (Wildman–Crippen LogP) is 2.78. The van der Waals surface area contributed by atoms with Gasteiger partial charge in [-0.3, -0.25) is 4.98 Å². The maximum Gasteiger partial charge on any atom is 0.173 e. The van der Waals surface area contributed by atoms with Crippen molar-refractivity contribution >= 4 is 28.9 Å². The third kappa shape index (κ3) is 2.02. The molecule has 2 aromatic rings. The van der Waals surface area contributed by atoms with Crippen LogP contribution < -0.4 is 5.32 Å². The standard InChI is InChI=1S/C11H12N4S2/c1-2-13-10-7-4-16-5-8(7)14-11(15-10)9-3-12-6-17-9/h3,6H,2,4-5H2,1H3,(H,13,14,15). The first-order valence-electron chi connectivity index (χ1n) is 5.48. The Morgan fingerprint density at radius 3 is 3.06 bits per heavy atom. The van der Waals surface area contributed by atoms with Gasteiger partial charge in [0.05, 0.1) is 16.1 Å². The van der Waals surface area contributed by atoms with E-state index in [0.29, 0.717) is 0 Å². The Bertz CT molecular complexity index is 525. The van der Waals surface area contributed by atoms with Crippen molar-refractivity contribution in [3.05, 3.63) is 23.0 Å². The highest BCUT2D eigenvalue weighted by Crippen LogP contribution is 2.34. The third-order valence-corrected chi connectivity index (χ3v) is 4.31. The Morgan fingerprint density at radius 2 is 2.29 bits per heavy atom. The molecular weight excluding hydrogens is 252 g/mol. The van der Waals surface area contributed by atoms with Crippen LogP contribution in [0.25, 0.3) is 10.7 Å². The van der Waals surface area contributed by atoms with Crippen molar-refractivity contribution in [1.29, 1.82) is 0 Å². The molecule has 1 N–H and O–H groups in total. The first-order chi connectivity index (χ1) is 8.38. The molecule has 0 aliphatic carbocycles. The number of nitrogens with zero attached hydrogens (tertiary/aromatic N) is 3. The van der Waals surface area contributed by atoms with Crippen LogP contribution in [0.3, 0.4) is 0 Å². The topological polar surface area (TPSA) is 50.7 Å². The van der Waals surface area contributed by atoms with Crippen molar-refractivity contribution < 1.29 is 0 Å². The first-order valence-corrected chi connectivity index (χ1v) is 7.52. The summed E-state index contributed by atoms with van der Waals surface area (Å²) in [6.45, 7) is 2.97. The SMILES string of the molecule is CCNc1nc(-c2cncs2)nc2c1CSC2. The van der Waals surface area contributed by atoms with Crippen LogP contribution in [-0.2, 0) is 11.5 Å². The number of thiazole rings is 1. The van der Waals surface area contributed by atoms with E-state index in [1.54, 1.807) is 11.3 Å². The molecule has 0 saturated heterocycles. The van der Waals surface area contributed by atoms with E-state index in [2.05, 4.69) is 27.2 Å². The molecule has 0 spiro atoms. The van der Waals surface area contributed by atoms with E-state index in [-0.39, 0.29) is 0 Å². The normalized spacial score (nSPS) is 13.7. The zero-order valence-corrected chi connectivity index (χ0v) is 11.1. The van der Waals surface area contributed by atoms with Gasteiger partial charge in [-0.1, -0.05) is 0 Å². The van der Waals surface area contributed by atoms with Crippen LogP contribution in [0.15, 0.2) is 11.7 Å². The number of thioether (sulfide) groups is 1. The summed E-state index contributed by atoms with van der Waals surface area (Å²) < 4.78 is 0. The van der Waals surface area contributed by atoms with E-state index < -0.39 is 0 Å². The highest BCUT2D eigenvalue weighted by Gasteiger charge is 2.20. The monoisotopic (exact) mass is 264 g/mol. The minimum atomic E-state index is 0.796. The number of hydrogen-bond acceptors (Lipinski definition) is 6. The van der Waals surface area contributed by atoms with E-state index in [9.17, 15) is 0 Å². The molecule has 0 saturated carbocycles. The van der Waals surface area contributed by atoms with Crippen molar-refractivity contribution in [2.75, 3.05) is 11.9 Å². The van der Waals surface area contributed by atoms with Crippen LogP contribution >= 0.6 is 23.1 Å². The molecule has 2 aromatic heterocycles. The van der Waals surface area contributed by atoms with Gasteiger partial charge >= 0.3 is 0 Å². The molecule has 88 valence electrons. The summed E-state index contributed by atoms with van der Waals surface area (Å²) in [6, 6.07) is 0. The second kappa shape index (κ2) is 4.62. The third-order valence-electron chi connectivity index (χ3n) is 2.57. The van der Waals surface area contributed by atoms with Crippen molar-refractivity contribution in [3.8, 4) is 10.7 Å². The zero-order valence-electron chi connectivity index (χ0n) is 9.43. The number of fused-ring (bicyclic) bond motifs is 1. The molecule has 4 nitrogen and oxygen atoms in total. The highest BCUT2D eigenvalue weighted by molar-refractivity contribution is 7.98. The van der Waals surface area contributed by atoms with Crippen molar-refractivity contribution in [1.82, 2.24) is 15.0 Å². The van der Waals surface area contributed by atoms with Gasteiger partial charge in [0.1, 0.15) is 5.82 Å². The van der Waals surface area contributed by atoms with E-state index in [1.165, 1.54) is 11.3 Å². The number of aromatic nitrogens is 3. The lowest BCUT2D eigenvalue weighted by Crippen LogP contribution is -2.06. The van der Waals surface area contributed by atoms with Gasteiger partial charge in [0.15, 0.2) is 5.82 Å². The summed E-state index contributed by atoms with van der Waals surface area (Å²) in [5, 5.41) is 3.33. The maximum atomic E-state index is 4.64. The van der Waals surface area contributed by atoms with Gasteiger partial charge < -0.3 is 5.32 Å². The molecular formula is C11H12N4S2. The number of rotatable bonds is 3. The lowest BCUT2D eigenvalue weighted by Gasteiger charge is -2.09. The average Bonchev–Trinajstić information content (AvgIpc) is 3.00. The maximum absolute atomic E-state index is 4.64. The minimum Gasteiger partial charge on any atom is -0.370 e. The van der Waals surface area contributed by atoms with Crippen molar-refractivity contribution in [2.24, 2.45) is 0 Å². The van der Waals surface area contributed by atoms with Crippen LogP contribution in [0, 0.1) is 0 Å². The highest BCUT2D eigenvalue weighted by atomic mass is 32.2. The van der Waals surface area contributed by atoms with Crippen LogP contribution in [0.1, 0.15) is 18.2 Å². The van der Waals surface area contributed by atoms with Gasteiger partial charge in [-0.05, 0) is 6.92 Å². The second-order valence-electron chi connectivity index (χ2n) is 3.71. The van der Waals surface area contributed by atoms with Gasteiger partial charge in [0, 0.05) is 29.8 Å². The Morgan fingerprint density at radius 1 is 1.35 bits per heavy atom. The van der Waals surface area contributed by atoms with E-state index >= 15 is 0 Å². The van der Waals surface area contributed by atoms with Crippen LogP contribution in [0.5, 0.6) is 0 Å². The summed E-state index contributed by atoms with van der Waals surface area (Å²) in [5.74, 6) is 3.79. The predicted molar refractivity (Wildman–Crippen MR) is 72.3 cm³/mol. The van der Waals surface area contributed by atoms with E-state index in [4.69, 9.17) is 0 Å². The molecule has 17 heavy (non-hydrogen) atoms. The van der Waals surface area contributed by atoms with Crippen LogP contribution in [0.4, 0.5) is 5.82 Å². The van der Waals surface area contributed by atoms with Gasteiger partial charge in [-0.15, -0.1) is 11.3 Å². The Hall–Kier alpha value is -1.14. The number of hydrogen-bond donors (Lipinski definition) is 1. The summed E-state index contributed by atoms with van der Waals surface area (Å²) in [7, 11) is 0. The molecule has 1 aliphatic rings. The molecule has 0 radical (unpaired) electrons. The Labute approximate surface area is 108 Å². The summed E-state index contributed by atoms with van der Waals surface area (Å²) in [6.07, 6.45) is 1.82. The second-order valence-corrected chi connectivity index (χ2v) is 5.58. The fourth-order valence-electron chi connectivity index (χ4n) is 1.80. The molecule has 6 heteroatoms. The summed E-state index contributed by atoms with van der Waals surface area (Å²) >= 11 is 3.47. The fourth-order valence-corrected chi connectivity index (χ4v) is 3.40. The first kappa shape index (κ1) is 11.0. The molecule has 3 heterocycles. The zero-order chi connectivity index (χ0) is 11.7. The fraction of sp³-hybridized carbons (Fsp3) is 0.364.